The second-order valence-corrected chi connectivity index (χ2v) is 8.52. The summed E-state index contributed by atoms with van der Waals surface area (Å²) >= 11 is 0. The van der Waals surface area contributed by atoms with Crippen LogP contribution in [0.5, 0.6) is 5.75 Å². The molecule has 1 fully saturated rings. The van der Waals surface area contributed by atoms with E-state index >= 15 is 0 Å². The zero-order valence-electron chi connectivity index (χ0n) is 18.2. The van der Waals surface area contributed by atoms with Gasteiger partial charge in [-0.05, 0) is 92.7 Å². The molecule has 2 aliphatic rings. The van der Waals surface area contributed by atoms with Crippen molar-refractivity contribution in [3.8, 4) is 11.8 Å². The standard InChI is InChI=1S/C26H31N3O2/c27-20-21-5-6-22-11-16-29(17-12-24(22)19-21)26(30)23-7-9-25(10-8-23)31-18-4-15-28-13-2-1-3-14-28/h5-10,19H,1-4,11-18H2. The number of fused-ring (bicyclic) bond motifs is 1. The van der Waals surface area contributed by atoms with Gasteiger partial charge in [0, 0.05) is 25.2 Å². The Morgan fingerprint density at radius 1 is 0.935 bits per heavy atom. The van der Waals surface area contributed by atoms with E-state index in [1.807, 2.05) is 47.4 Å². The van der Waals surface area contributed by atoms with Crippen molar-refractivity contribution in [3.63, 3.8) is 0 Å². The lowest BCUT2D eigenvalue weighted by molar-refractivity contribution is 0.0763. The van der Waals surface area contributed by atoms with E-state index in [9.17, 15) is 4.79 Å². The van der Waals surface area contributed by atoms with E-state index < -0.39 is 0 Å². The largest absolute Gasteiger partial charge is 0.494 e. The zero-order chi connectivity index (χ0) is 21.5. The highest BCUT2D eigenvalue weighted by Crippen LogP contribution is 2.20. The van der Waals surface area contributed by atoms with Gasteiger partial charge in [0.15, 0.2) is 0 Å². The van der Waals surface area contributed by atoms with Crippen molar-refractivity contribution in [2.45, 2.75) is 38.5 Å². The molecule has 0 atom stereocenters. The number of carbonyl (C=O) groups excluding carboxylic acids is 1. The van der Waals surface area contributed by atoms with Crippen molar-refractivity contribution >= 4 is 5.91 Å². The van der Waals surface area contributed by atoms with E-state index in [2.05, 4.69) is 11.0 Å². The minimum absolute atomic E-state index is 0.0601. The van der Waals surface area contributed by atoms with Gasteiger partial charge in [-0.2, -0.15) is 5.26 Å². The summed E-state index contributed by atoms with van der Waals surface area (Å²) in [5.41, 5.74) is 3.81. The Morgan fingerprint density at radius 3 is 2.42 bits per heavy atom. The highest BCUT2D eigenvalue weighted by Gasteiger charge is 2.20. The first-order valence-corrected chi connectivity index (χ1v) is 11.5. The Bertz CT molecular complexity index is 927. The van der Waals surface area contributed by atoms with Gasteiger partial charge in [0.25, 0.3) is 5.91 Å². The van der Waals surface area contributed by atoms with Crippen molar-refractivity contribution < 1.29 is 9.53 Å². The van der Waals surface area contributed by atoms with Crippen LogP contribution in [-0.4, -0.2) is 55.0 Å². The van der Waals surface area contributed by atoms with Crippen LogP contribution in [0.2, 0.25) is 0 Å². The van der Waals surface area contributed by atoms with Crippen LogP contribution in [0.1, 0.15) is 52.7 Å². The van der Waals surface area contributed by atoms with Gasteiger partial charge in [-0.25, -0.2) is 0 Å². The van der Waals surface area contributed by atoms with Gasteiger partial charge < -0.3 is 14.5 Å². The molecule has 2 aromatic carbocycles. The van der Waals surface area contributed by atoms with E-state index in [0.29, 0.717) is 30.8 Å². The number of carbonyl (C=O) groups is 1. The maximum Gasteiger partial charge on any atom is 0.253 e. The predicted octanol–water partition coefficient (Wildman–Crippen LogP) is 4.05. The Hall–Kier alpha value is -2.84. The average Bonchev–Trinajstić information content (AvgIpc) is 3.04. The SMILES string of the molecule is N#Cc1ccc2c(c1)CCN(C(=O)c1ccc(OCCCN3CCCCC3)cc1)CC2. The lowest BCUT2D eigenvalue weighted by Gasteiger charge is -2.26. The van der Waals surface area contributed by atoms with Crippen LogP contribution in [0.15, 0.2) is 42.5 Å². The van der Waals surface area contributed by atoms with Crippen LogP contribution in [0.4, 0.5) is 0 Å². The summed E-state index contributed by atoms with van der Waals surface area (Å²) in [6, 6.07) is 15.6. The molecular formula is C26H31N3O2. The molecule has 1 amide bonds. The summed E-state index contributed by atoms with van der Waals surface area (Å²) in [7, 11) is 0. The van der Waals surface area contributed by atoms with Crippen molar-refractivity contribution in [1.82, 2.24) is 9.80 Å². The number of amides is 1. The molecule has 0 aromatic heterocycles. The Labute approximate surface area is 185 Å². The molecule has 0 spiro atoms. The van der Waals surface area contributed by atoms with Crippen molar-refractivity contribution in [3.05, 3.63) is 64.7 Å². The summed E-state index contributed by atoms with van der Waals surface area (Å²) < 4.78 is 5.88. The third kappa shape index (κ3) is 5.65. The van der Waals surface area contributed by atoms with Crippen molar-refractivity contribution in [1.29, 1.82) is 5.26 Å². The van der Waals surface area contributed by atoms with E-state index in [-0.39, 0.29) is 5.91 Å². The number of nitriles is 1. The number of hydrogen-bond donors (Lipinski definition) is 0. The van der Waals surface area contributed by atoms with Crippen molar-refractivity contribution in [2.75, 3.05) is 39.3 Å². The third-order valence-corrected chi connectivity index (χ3v) is 6.36. The van der Waals surface area contributed by atoms with Gasteiger partial charge in [-0.1, -0.05) is 12.5 Å². The van der Waals surface area contributed by atoms with Gasteiger partial charge in [-0.15, -0.1) is 0 Å². The molecule has 0 radical (unpaired) electrons. The number of nitrogens with zero attached hydrogens (tertiary/aromatic N) is 3. The maximum atomic E-state index is 13.0. The molecule has 162 valence electrons. The highest BCUT2D eigenvalue weighted by atomic mass is 16.5. The fraction of sp³-hybridized carbons (Fsp3) is 0.462. The van der Waals surface area contributed by atoms with Crippen LogP contribution in [0.25, 0.3) is 0 Å². The summed E-state index contributed by atoms with van der Waals surface area (Å²) in [5, 5.41) is 9.12. The molecule has 1 saturated heterocycles. The second-order valence-electron chi connectivity index (χ2n) is 8.52. The first-order valence-electron chi connectivity index (χ1n) is 11.5. The van der Waals surface area contributed by atoms with E-state index in [1.165, 1.54) is 43.5 Å². The fourth-order valence-electron chi connectivity index (χ4n) is 4.54. The van der Waals surface area contributed by atoms with Crippen LogP contribution in [0.3, 0.4) is 0 Å². The first-order chi connectivity index (χ1) is 15.2. The molecular weight excluding hydrogens is 386 g/mol. The van der Waals surface area contributed by atoms with Gasteiger partial charge >= 0.3 is 0 Å². The molecule has 0 saturated carbocycles. The Balaban J connectivity index is 1.26. The maximum absolute atomic E-state index is 13.0. The van der Waals surface area contributed by atoms with Crippen LogP contribution in [-0.2, 0) is 12.8 Å². The Morgan fingerprint density at radius 2 is 1.68 bits per heavy atom. The fourth-order valence-corrected chi connectivity index (χ4v) is 4.54. The molecule has 0 aliphatic carbocycles. The topological polar surface area (TPSA) is 56.6 Å². The molecule has 2 heterocycles. The van der Waals surface area contributed by atoms with E-state index in [4.69, 9.17) is 10.00 Å². The molecule has 0 unspecified atom stereocenters. The average molecular weight is 418 g/mol. The van der Waals surface area contributed by atoms with Gasteiger partial charge in [0.2, 0.25) is 0 Å². The number of benzene rings is 2. The smallest absolute Gasteiger partial charge is 0.253 e. The molecule has 4 rings (SSSR count). The summed E-state index contributed by atoms with van der Waals surface area (Å²) in [5.74, 6) is 0.882. The normalized spacial score (nSPS) is 16.8. The number of hydrogen-bond acceptors (Lipinski definition) is 4. The molecule has 2 aromatic rings. The number of likely N-dealkylation sites (tertiary alicyclic amines) is 1. The van der Waals surface area contributed by atoms with Gasteiger partial charge in [0.05, 0.1) is 18.2 Å². The number of piperidine rings is 1. The quantitative estimate of drug-likeness (QED) is 0.666. The molecule has 2 aliphatic heterocycles. The van der Waals surface area contributed by atoms with E-state index in [1.54, 1.807) is 0 Å². The first kappa shape index (κ1) is 21.4. The van der Waals surface area contributed by atoms with E-state index in [0.717, 1.165) is 31.6 Å². The van der Waals surface area contributed by atoms with Crippen LogP contribution < -0.4 is 4.74 Å². The highest BCUT2D eigenvalue weighted by molar-refractivity contribution is 5.94. The monoisotopic (exact) mass is 417 g/mol. The summed E-state index contributed by atoms with van der Waals surface area (Å²) in [6.45, 7) is 5.63. The summed E-state index contributed by atoms with van der Waals surface area (Å²) in [6.07, 6.45) is 6.65. The Kier molecular flexibility index (Phi) is 7.22. The lowest BCUT2D eigenvalue weighted by atomic mass is 10.0. The third-order valence-electron chi connectivity index (χ3n) is 6.36. The zero-order valence-corrected chi connectivity index (χ0v) is 18.2. The summed E-state index contributed by atoms with van der Waals surface area (Å²) in [4.78, 5) is 17.4. The molecule has 31 heavy (non-hydrogen) atoms. The molecule has 5 heteroatoms. The minimum atomic E-state index is 0.0601. The van der Waals surface area contributed by atoms with Gasteiger partial charge in [0.1, 0.15) is 5.75 Å². The molecule has 0 N–H and O–H groups in total. The predicted molar refractivity (Wildman–Crippen MR) is 121 cm³/mol. The van der Waals surface area contributed by atoms with Crippen molar-refractivity contribution in [2.24, 2.45) is 0 Å². The van der Waals surface area contributed by atoms with Gasteiger partial charge in [-0.3, -0.25) is 4.79 Å². The second kappa shape index (κ2) is 10.5. The molecule has 0 bridgehead atoms. The lowest BCUT2D eigenvalue weighted by Crippen LogP contribution is -2.33. The number of ether oxygens (including phenoxy) is 1. The number of rotatable bonds is 6. The van der Waals surface area contributed by atoms with Crippen LogP contribution in [0, 0.1) is 11.3 Å². The molecule has 5 nitrogen and oxygen atoms in total. The van der Waals surface area contributed by atoms with Crippen LogP contribution >= 0.6 is 0 Å². The minimum Gasteiger partial charge on any atom is -0.494 e.